The van der Waals surface area contributed by atoms with Crippen molar-refractivity contribution in [1.82, 2.24) is 10.3 Å². The van der Waals surface area contributed by atoms with E-state index >= 15 is 0 Å². The van der Waals surface area contributed by atoms with Crippen molar-refractivity contribution in [1.29, 1.82) is 0 Å². The summed E-state index contributed by atoms with van der Waals surface area (Å²) >= 11 is 5.92. The van der Waals surface area contributed by atoms with Gasteiger partial charge in [-0.3, -0.25) is 4.79 Å². The van der Waals surface area contributed by atoms with Crippen LogP contribution in [0.1, 0.15) is 25.0 Å². The summed E-state index contributed by atoms with van der Waals surface area (Å²) in [6.07, 6.45) is 3.67. The second kappa shape index (κ2) is 6.61. The number of nitrogens with one attached hydrogen (secondary N) is 2. The van der Waals surface area contributed by atoms with Gasteiger partial charge in [-0.2, -0.15) is 0 Å². The molecular formula is C19H21ClN2O2. The van der Waals surface area contributed by atoms with Gasteiger partial charge in [0.15, 0.2) is 0 Å². The van der Waals surface area contributed by atoms with E-state index in [0.29, 0.717) is 24.5 Å². The number of aromatic amines is 1. The lowest BCUT2D eigenvalue weighted by atomic mass is 9.76. The van der Waals surface area contributed by atoms with Crippen molar-refractivity contribution in [2.75, 3.05) is 6.61 Å². The quantitative estimate of drug-likeness (QED) is 0.871. The molecule has 2 aromatic rings. The third kappa shape index (κ3) is 3.21. The van der Waals surface area contributed by atoms with Crippen molar-refractivity contribution >= 4 is 17.5 Å². The zero-order valence-corrected chi connectivity index (χ0v) is 14.2. The molecule has 1 aliphatic heterocycles. The zero-order chi connectivity index (χ0) is 16.5. The Hall–Kier alpha value is -1.78. The Kier molecular flexibility index (Phi) is 4.33. The highest BCUT2D eigenvalue weighted by molar-refractivity contribution is 6.30. The van der Waals surface area contributed by atoms with Crippen LogP contribution >= 0.6 is 11.6 Å². The first-order valence-corrected chi connectivity index (χ1v) is 8.91. The van der Waals surface area contributed by atoms with E-state index in [1.54, 1.807) is 0 Å². The molecule has 0 spiro atoms. The fraction of sp³-hybridized carbons (Fsp3) is 0.421. The van der Waals surface area contributed by atoms with Crippen LogP contribution in [0.3, 0.4) is 0 Å². The molecule has 0 unspecified atom stereocenters. The van der Waals surface area contributed by atoms with Crippen LogP contribution < -0.4 is 5.32 Å². The van der Waals surface area contributed by atoms with E-state index < -0.39 is 0 Å². The molecule has 5 heteroatoms. The van der Waals surface area contributed by atoms with Crippen LogP contribution in [0, 0.1) is 5.92 Å². The topological polar surface area (TPSA) is 54.1 Å². The van der Waals surface area contributed by atoms with E-state index in [1.165, 1.54) is 0 Å². The number of amides is 1. The van der Waals surface area contributed by atoms with Gasteiger partial charge in [0.2, 0.25) is 5.91 Å². The lowest BCUT2D eigenvalue weighted by molar-refractivity contribution is -0.124. The van der Waals surface area contributed by atoms with Crippen LogP contribution in [-0.4, -0.2) is 29.6 Å². The highest BCUT2D eigenvalue weighted by Gasteiger charge is 2.45. The number of aromatic nitrogens is 1. The summed E-state index contributed by atoms with van der Waals surface area (Å²) < 4.78 is 5.58. The van der Waals surface area contributed by atoms with Crippen LogP contribution in [0.15, 0.2) is 36.4 Å². The fourth-order valence-corrected chi connectivity index (χ4v) is 3.80. The monoisotopic (exact) mass is 344 g/mol. The van der Waals surface area contributed by atoms with E-state index in [-0.39, 0.29) is 5.91 Å². The fourth-order valence-electron chi connectivity index (χ4n) is 3.67. The summed E-state index contributed by atoms with van der Waals surface area (Å²) in [6.45, 7) is 0.845. The summed E-state index contributed by atoms with van der Waals surface area (Å²) in [5.41, 5.74) is 3.22. The molecule has 1 amide bonds. The molecule has 0 bridgehead atoms. The molecule has 3 atom stereocenters. The third-order valence-corrected chi connectivity index (χ3v) is 5.39. The number of halogens is 1. The minimum atomic E-state index is 0.132. The summed E-state index contributed by atoms with van der Waals surface area (Å²) in [6, 6.07) is 12.1. The third-order valence-electron chi connectivity index (χ3n) is 5.13. The average molecular weight is 345 g/mol. The van der Waals surface area contributed by atoms with Crippen LogP contribution in [0.5, 0.6) is 0 Å². The molecule has 126 valence electrons. The Morgan fingerprint density at radius 3 is 2.88 bits per heavy atom. The smallest absolute Gasteiger partial charge is 0.220 e. The molecule has 2 heterocycles. The number of carbonyl (C=O) groups excluding carboxylic acids is 1. The number of hydrogen-bond donors (Lipinski definition) is 2. The molecule has 1 aliphatic carbocycles. The number of H-pyrrole nitrogens is 1. The van der Waals surface area contributed by atoms with Gasteiger partial charge in [0.05, 0.1) is 6.10 Å². The Labute approximate surface area is 146 Å². The first-order valence-electron chi connectivity index (χ1n) is 8.54. The minimum absolute atomic E-state index is 0.132. The predicted octanol–water partition coefficient (Wildman–Crippen LogP) is 3.56. The Balaban J connectivity index is 1.28. The lowest BCUT2D eigenvalue weighted by Gasteiger charge is -2.39. The van der Waals surface area contributed by atoms with Gasteiger partial charge in [-0.25, -0.2) is 0 Å². The van der Waals surface area contributed by atoms with Crippen LogP contribution in [-0.2, 0) is 16.0 Å². The highest BCUT2D eigenvalue weighted by Crippen LogP contribution is 2.38. The predicted molar refractivity (Wildman–Crippen MR) is 94.0 cm³/mol. The summed E-state index contributed by atoms with van der Waals surface area (Å²) in [5.74, 6) is 0.670. The number of aryl methyl sites for hydroxylation is 1. The van der Waals surface area contributed by atoms with Crippen molar-refractivity contribution in [2.45, 2.75) is 37.8 Å². The maximum atomic E-state index is 12.1. The summed E-state index contributed by atoms with van der Waals surface area (Å²) in [5, 5.41) is 3.88. The van der Waals surface area contributed by atoms with Gasteiger partial charge in [0.1, 0.15) is 0 Å². The van der Waals surface area contributed by atoms with E-state index in [9.17, 15) is 4.79 Å². The first kappa shape index (κ1) is 15.7. The Bertz CT molecular complexity index is 725. The minimum Gasteiger partial charge on any atom is -0.378 e. The molecule has 2 fully saturated rings. The van der Waals surface area contributed by atoms with Crippen LogP contribution in [0.25, 0.3) is 11.3 Å². The molecule has 1 saturated carbocycles. The van der Waals surface area contributed by atoms with Gasteiger partial charge < -0.3 is 15.0 Å². The lowest BCUT2D eigenvalue weighted by Crippen LogP contribution is -2.53. The van der Waals surface area contributed by atoms with Gasteiger partial charge >= 0.3 is 0 Å². The number of ether oxygens (including phenoxy) is 1. The molecule has 24 heavy (non-hydrogen) atoms. The van der Waals surface area contributed by atoms with Crippen molar-refractivity contribution < 1.29 is 9.53 Å². The highest BCUT2D eigenvalue weighted by atomic mass is 35.5. The van der Waals surface area contributed by atoms with E-state index in [1.807, 2.05) is 36.4 Å². The number of hydrogen-bond acceptors (Lipinski definition) is 2. The molecule has 1 aromatic heterocycles. The number of carbonyl (C=O) groups is 1. The normalized spacial score (nSPS) is 25.1. The SMILES string of the molecule is O=C(CCc1ccc(-c2ccc(Cl)cc2)[nH]1)N[C@@H]1C[C@@H]2OCC[C@@H]21. The van der Waals surface area contributed by atoms with E-state index in [4.69, 9.17) is 16.3 Å². The maximum Gasteiger partial charge on any atom is 0.220 e. The van der Waals surface area contributed by atoms with Gasteiger partial charge in [-0.1, -0.05) is 23.7 Å². The molecule has 1 saturated heterocycles. The largest absolute Gasteiger partial charge is 0.378 e. The maximum absolute atomic E-state index is 12.1. The van der Waals surface area contributed by atoms with Crippen molar-refractivity contribution in [3.8, 4) is 11.3 Å². The molecule has 0 radical (unpaired) electrons. The number of fused-ring (bicyclic) bond motifs is 1. The second-order valence-corrected chi connectivity index (χ2v) is 7.11. The number of benzene rings is 1. The molecule has 2 N–H and O–H groups in total. The molecule has 4 nitrogen and oxygen atoms in total. The summed E-state index contributed by atoms with van der Waals surface area (Å²) in [7, 11) is 0. The van der Waals surface area contributed by atoms with E-state index in [2.05, 4.69) is 10.3 Å². The van der Waals surface area contributed by atoms with Crippen molar-refractivity contribution in [3.63, 3.8) is 0 Å². The Morgan fingerprint density at radius 2 is 2.08 bits per heavy atom. The standard InChI is InChI=1S/C19H21ClN2O2/c20-13-3-1-12(2-4-13)16-7-5-14(21-16)6-8-19(23)22-17-11-18-15(17)9-10-24-18/h1-5,7,15,17-18,21H,6,8-11H2,(H,22,23)/t15-,17-,18+/m1/s1. The Morgan fingerprint density at radius 1 is 1.25 bits per heavy atom. The molecule has 4 rings (SSSR count). The summed E-state index contributed by atoms with van der Waals surface area (Å²) in [4.78, 5) is 15.5. The molecular weight excluding hydrogens is 324 g/mol. The van der Waals surface area contributed by atoms with Gasteiger partial charge in [-0.05, 0) is 49.1 Å². The van der Waals surface area contributed by atoms with Crippen LogP contribution in [0.4, 0.5) is 0 Å². The number of rotatable bonds is 5. The molecule has 1 aromatic carbocycles. The van der Waals surface area contributed by atoms with Gasteiger partial charge in [0, 0.05) is 41.4 Å². The van der Waals surface area contributed by atoms with Crippen molar-refractivity contribution in [2.24, 2.45) is 5.92 Å². The van der Waals surface area contributed by atoms with Gasteiger partial charge in [-0.15, -0.1) is 0 Å². The van der Waals surface area contributed by atoms with Gasteiger partial charge in [0.25, 0.3) is 0 Å². The van der Waals surface area contributed by atoms with E-state index in [0.717, 1.165) is 47.8 Å². The second-order valence-electron chi connectivity index (χ2n) is 6.68. The van der Waals surface area contributed by atoms with Crippen molar-refractivity contribution in [3.05, 3.63) is 47.1 Å². The first-order chi connectivity index (χ1) is 11.7. The molecule has 2 aliphatic rings. The zero-order valence-electron chi connectivity index (χ0n) is 13.4. The average Bonchev–Trinajstić information content (AvgIpc) is 3.18. The van der Waals surface area contributed by atoms with Crippen LogP contribution in [0.2, 0.25) is 5.02 Å².